The van der Waals surface area contributed by atoms with Gasteiger partial charge in [-0.2, -0.15) is 5.01 Å². The fourth-order valence-electron chi connectivity index (χ4n) is 2.96. The normalized spacial score (nSPS) is 15.4. The second kappa shape index (κ2) is 8.92. The van der Waals surface area contributed by atoms with E-state index in [1.54, 1.807) is 17.0 Å². The van der Waals surface area contributed by atoms with Crippen molar-refractivity contribution < 1.29 is 14.3 Å². The molecule has 158 valence electrons. The van der Waals surface area contributed by atoms with Gasteiger partial charge in [0.15, 0.2) is 5.17 Å². The van der Waals surface area contributed by atoms with E-state index in [2.05, 4.69) is 5.10 Å². The van der Waals surface area contributed by atoms with Gasteiger partial charge in [0.25, 0.3) is 5.91 Å². The number of rotatable bonds is 3. The van der Waals surface area contributed by atoms with Gasteiger partial charge >= 0.3 is 6.09 Å². The maximum absolute atomic E-state index is 13.0. The number of thioether (sulfide) groups is 1. The molecule has 6 nitrogen and oxygen atoms in total. The van der Waals surface area contributed by atoms with Gasteiger partial charge in [-0.05, 0) is 63.9 Å². The number of hydrazone groups is 1. The number of benzene rings is 2. The fourth-order valence-corrected chi connectivity index (χ4v) is 3.88. The van der Waals surface area contributed by atoms with Crippen LogP contribution in [0.5, 0.6) is 0 Å². The predicted molar refractivity (Wildman–Crippen MR) is 122 cm³/mol. The summed E-state index contributed by atoms with van der Waals surface area (Å²) < 4.78 is 5.61. The Balaban J connectivity index is 2.00. The lowest BCUT2D eigenvalue weighted by Gasteiger charge is -2.26. The van der Waals surface area contributed by atoms with Crippen molar-refractivity contribution in [1.82, 2.24) is 4.90 Å². The van der Waals surface area contributed by atoms with E-state index >= 15 is 0 Å². The summed E-state index contributed by atoms with van der Waals surface area (Å²) in [6.45, 7) is 9.90. The number of hydrogen-bond acceptors (Lipinski definition) is 5. The van der Waals surface area contributed by atoms with Crippen LogP contribution in [0.2, 0.25) is 0 Å². The molecule has 0 atom stereocenters. The first kappa shape index (κ1) is 21.9. The molecule has 0 aromatic heterocycles. The topological polar surface area (TPSA) is 62.2 Å². The van der Waals surface area contributed by atoms with Gasteiger partial charge in [0, 0.05) is 17.9 Å². The molecular formula is C23H27N3O3S. The number of anilines is 1. The number of carbonyl (C=O) groups is 2. The highest BCUT2D eigenvalue weighted by molar-refractivity contribution is 8.14. The van der Waals surface area contributed by atoms with E-state index in [1.165, 1.54) is 16.8 Å². The van der Waals surface area contributed by atoms with Crippen LogP contribution < -0.4 is 5.01 Å². The first-order chi connectivity index (χ1) is 14.2. The van der Waals surface area contributed by atoms with Gasteiger partial charge in [-0.25, -0.2) is 4.79 Å². The number of aryl methyl sites for hydroxylation is 1. The monoisotopic (exact) mass is 425 g/mol. The molecule has 1 saturated heterocycles. The number of carbonyl (C=O) groups excluding carboxylic acids is 2. The smallest absolute Gasteiger partial charge is 0.435 e. The Hall–Kier alpha value is -2.80. The number of amides is 2. The van der Waals surface area contributed by atoms with Crippen LogP contribution in [0.4, 0.5) is 10.5 Å². The standard InChI is InChI=1S/C23H27N3O3S/c1-16-10-9-13-19(17(16)2)26(22(28)29-23(3,4)5)24-21-25(14-15-30-21)20(27)18-11-7-6-8-12-18/h6-13H,14-15H2,1-5H3/b24-21+. The van der Waals surface area contributed by atoms with E-state index in [4.69, 9.17) is 4.74 Å². The second-order valence-corrected chi connectivity index (χ2v) is 9.13. The molecule has 3 rings (SSSR count). The van der Waals surface area contributed by atoms with Crippen molar-refractivity contribution in [2.45, 2.75) is 40.2 Å². The Morgan fingerprint density at radius 1 is 1.07 bits per heavy atom. The zero-order valence-electron chi connectivity index (χ0n) is 18.0. The molecule has 0 N–H and O–H groups in total. The van der Waals surface area contributed by atoms with E-state index in [0.717, 1.165) is 11.1 Å². The van der Waals surface area contributed by atoms with Crippen molar-refractivity contribution in [3.8, 4) is 0 Å². The highest BCUT2D eigenvalue weighted by atomic mass is 32.2. The molecule has 0 radical (unpaired) electrons. The molecule has 2 aromatic rings. The summed E-state index contributed by atoms with van der Waals surface area (Å²) in [5.41, 5.74) is 2.52. The number of nitrogens with zero attached hydrogens (tertiary/aromatic N) is 3. The van der Waals surface area contributed by atoms with E-state index in [0.29, 0.717) is 28.7 Å². The van der Waals surface area contributed by atoms with Gasteiger partial charge < -0.3 is 4.74 Å². The Bertz CT molecular complexity index is 967. The van der Waals surface area contributed by atoms with Crippen molar-refractivity contribution in [3.63, 3.8) is 0 Å². The molecule has 7 heteroatoms. The van der Waals surface area contributed by atoms with Crippen molar-refractivity contribution >= 4 is 34.6 Å². The highest BCUT2D eigenvalue weighted by Crippen LogP contribution is 2.28. The molecule has 30 heavy (non-hydrogen) atoms. The third-order valence-corrected chi connectivity index (χ3v) is 5.55. The third-order valence-electron chi connectivity index (χ3n) is 4.60. The zero-order valence-corrected chi connectivity index (χ0v) is 18.8. The van der Waals surface area contributed by atoms with Crippen LogP contribution in [0, 0.1) is 13.8 Å². The third kappa shape index (κ3) is 5.02. The predicted octanol–water partition coefficient (Wildman–Crippen LogP) is 5.21. The average Bonchev–Trinajstić information content (AvgIpc) is 3.15. The molecule has 0 aliphatic carbocycles. The van der Waals surface area contributed by atoms with Gasteiger partial charge in [0.05, 0.1) is 5.69 Å². The fraction of sp³-hybridized carbons (Fsp3) is 0.348. The molecule has 2 aromatic carbocycles. The zero-order chi connectivity index (χ0) is 21.9. The Morgan fingerprint density at radius 3 is 2.43 bits per heavy atom. The molecule has 1 heterocycles. The lowest BCUT2D eigenvalue weighted by atomic mass is 10.1. The Kier molecular flexibility index (Phi) is 6.51. The maximum Gasteiger partial charge on any atom is 0.435 e. The lowest BCUT2D eigenvalue weighted by molar-refractivity contribution is 0.0579. The number of amidine groups is 1. The van der Waals surface area contributed by atoms with Gasteiger partial charge in [-0.3, -0.25) is 9.69 Å². The van der Waals surface area contributed by atoms with Crippen LogP contribution >= 0.6 is 11.8 Å². The minimum absolute atomic E-state index is 0.135. The van der Waals surface area contributed by atoms with Crippen molar-refractivity contribution in [2.24, 2.45) is 5.10 Å². The molecule has 0 bridgehead atoms. The number of ether oxygens (including phenoxy) is 1. The van der Waals surface area contributed by atoms with E-state index in [-0.39, 0.29) is 5.91 Å². The Morgan fingerprint density at radius 2 is 1.77 bits per heavy atom. The summed E-state index contributed by atoms with van der Waals surface area (Å²) in [6, 6.07) is 14.8. The van der Waals surface area contributed by atoms with Crippen molar-refractivity contribution in [2.75, 3.05) is 17.3 Å². The molecule has 1 fully saturated rings. The Labute approximate surface area is 181 Å². The highest BCUT2D eigenvalue weighted by Gasteiger charge is 2.31. The lowest BCUT2D eigenvalue weighted by Crippen LogP contribution is -2.37. The quantitative estimate of drug-likeness (QED) is 0.634. The summed E-state index contributed by atoms with van der Waals surface area (Å²) in [4.78, 5) is 27.6. The second-order valence-electron chi connectivity index (χ2n) is 8.07. The number of hydrogen-bond donors (Lipinski definition) is 0. The van der Waals surface area contributed by atoms with Crippen LogP contribution in [0.1, 0.15) is 42.3 Å². The molecule has 0 spiro atoms. The summed E-state index contributed by atoms with van der Waals surface area (Å²) in [7, 11) is 0. The van der Waals surface area contributed by atoms with Gasteiger partial charge in [0.2, 0.25) is 0 Å². The van der Waals surface area contributed by atoms with Gasteiger partial charge in [0.1, 0.15) is 5.60 Å². The molecule has 1 aliphatic rings. The van der Waals surface area contributed by atoms with Crippen LogP contribution in [0.3, 0.4) is 0 Å². The van der Waals surface area contributed by atoms with Crippen LogP contribution in [0.15, 0.2) is 53.6 Å². The van der Waals surface area contributed by atoms with Crippen molar-refractivity contribution in [1.29, 1.82) is 0 Å². The summed E-state index contributed by atoms with van der Waals surface area (Å²) >= 11 is 1.45. The van der Waals surface area contributed by atoms with Gasteiger partial charge in [-0.1, -0.05) is 42.1 Å². The minimum atomic E-state index is -0.671. The molecule has 1 aliphatic heterocycles. The minimum Gasteiger partial charge on any atom is -0.442 e. The van der Waals surface area contributed by atoms with Gasteiger partial charge in [-0.15, -0.1) is 5.10 Å². The van der Waals surface area contributed by atoms with E-state index in [9.17, 15) is 9.59 Å². The largest absolute Gasteiger partial charge is 0.442 e. The average molecular weight is 426 g/mol. The molecular weight excluding hydrogens is 398 g/mol. The molecule has 0 unspecified atom stereocenters. The van der Waals surface area contributed by atoms with E-state index in [1.807, 2.05) is 71.0 Å². The SMILES string of the molecule is Cc1cccc(N(/N=C2/SCCN2C(=O)c2ccccc2)C(=O)OC(C)(C)C)c1C. The summed E-state index contributed by atoms with van der Waals surface area (Å²) in [6.07, 6.45) is -0.580. The van der Waals surface area contributed by atoms with E-state index < -0.39 is 11.7 Å². The molecule has 0 saturated carbocycles. The van der Waals surface area contributed by atoms with Crippen molar-refractivity contribution in [3.05, 3.63) is 65.2 Å². The van der Waals surface area contributed by atoms with Crippen LogP contribution in [-0.4, -0.2) is 40.0 Å². The van der Waals surface area contributed by atoms with Crippen LogP contribution in [0.25, 0.3) is 0 Å². The maximum atomic E-state index is 13.0. The first-order valence-electron chi connectivity index (χ1n) is 9.85. The first-order valence-corrected chi connectivity index (χ1v) is 10.8. The summed E-state index contributed by atoms with van der Waals surface area (Å²) in [5.74, 6) is 0.580. The molecule has 2 amide bonds. The van der Waals surface area contributed by atoms with Crippen LogP contribution in [-0.2, 0) is 4.74 Å². The summed E-state index contributed by atoms with van der Waals surface area (Å²) in [5, 5.41) is 6.36.